The third kappa shape index (κ3) is 39.0. The largest absolute Gasteiger partial charge is 0.397 e. The van der Waals surface area contributed by atoms with Gasteiger partial charge in [0.1, 0.15) is 116 Å². The van der Waals surface area contributed by atoms with Gasteiger partial charge in [0.2, 0.25) is 123 Å². The molecule has 65 nitrogen and oxygen atoms in total. The molecule has 7 rings (SSSR count). The van der Waals surface area contributed by atoms with Gasteiger partial charge in [-0.15, -0.1) is 0 Å². The molecule has 0 amide bonds. The molecule has 77 heteroatoms. The van der Waals surface area contributed by atoms with Gasteiger partial charge in [0.15, 0.2) is 6.29 Å². The standard InChI is InChI=1S/C54H118O65S12/c1-20-39(55)52(118-130(89,90)91)40(56)35(101-20)16-96-9-28-29(10-97-17-36-48(114-126(77,78)79)31(44(23(4)104-36)110-122(65,66)67)12-100-18-37-50(116-128(83,84)85)41(57)46(25(6)105-37)112-124(71,72)73)42(108-120(59,60)61)21(2)102-33(28)14-95-8-27-30(11-98-19-38-51(117-129(86,87)88)53(119-131(92,93)94)47(26(7)106-38)113-125(74,75)76)43(109-121(62,63)64)22(3)103-34(27)15-99-13-32-45(111-123(68,69)70)24(5)107-54(58)49(32)115-127(80,81)82/h20-88,92-94H,8-19H2,1-7H3,(H,89,90,91)/t20?,21?,22?,23?,24?,25?,26?,27?,28?,29-,30-,31+,32+,33+,34+,35+,36+,37+,38+,39+,40?,41+,42+,43+,44+,45+,46+,47+,48?,49?,50?,51?,52+,53+,54?/m1/s1. The fraction of sp³-hybridized carbons (Fsp3) is 1.00. The smallest absolute Gasteiger partial charge is 0.388 e. The zero-order chi connectivity index (χ0) is 99.4. The molecule has 15 unspecified atom stereocenters. The fourth-order valence-electron chi connectivity index (χ4n) is 15.8. The Morgan fingerprint density at radius 2 is 0.412 bits per heavy atom. The van der Waals surface area contributed by atoms with Gasteiger partial charge in [0.05, 0.1) is 134 Å². The first-order chi connectivity index (χ1) is 59.4. The van der Waals surface area contributed by atoms with Crippen LogP contribution in [0.4, 0.5) is 0 Å². The topological polar surface area (TPSA) is 1030 Å². The van der Waals surface area contributed by atoms with Crippen LogP contribution in [0.25, 0.3) is 0 Å². The van der Waals surface area contributed by atoms with Crippen LogP contribution in [-0.4, -0.2) is 440 Å². The van der Waals surface area contributed by atoms with Crippen molar-refractivity contribution >= 4 is 133 Å². The summed E-state index contributed by atoms with van der Waals surface area (Å²) in [6, 6.07) is 0. The molecule has 38 N–H and O–H groups in total. The van der Waals surface area contributed by atoms with E-state index in [1.165, 1.54) is 6.92 Å². The molecule has 0 spiro atoms. The Morgan fingerprint density at radius 1 is 0.183 bits per heavy atom. The van der Waals surface area contributed by atoms with E-state index in [9.17, 15) is 184 Å². The van der Waals surface area contributed by atoms with Crippen molar-refractivity contribution in [2.75, 3.05) is 79.3 Å². The Labute approximate surface area is 764 Å². The molecule has 7 aliphatic rings. The average molecular weight is 2190 g/mol. The molecular formula is C54H118O65S12. The van der Waals surface area contributed by atoms with Crippen LogP contribution in [0.5, 0.6) is 0 Å². The van der Waals surface area contributed by atoms with Crippen LogP contribution in [0.3, 0.4) is 0 Å². The third-order valence-electron chi connectivity index (χ3n) is 20.7. The molecule has 35 atom stereocenters. The Balaban J connectivity index is 1.32. The summed E-state index contributed by atoms with van der Waals surface area (Å²) >= 11 is -57.0. The van der Waals surface area contributed by atoms with Gasteiger partial charge < -0.3 is 82.0 Å². The van der Waals surface area contributed by atoms with Gasteiger partial charge in [-0.25, -0.2) is 4.18 Å². The number of hydrogen-bond acceptors (Lipinski definition) is 64. The number of ether oxygens (including phenoxy) is 13. The van der Waals surface area contributed by atoms with E-state index in [0.717, 1.165) is 41.5 Å². The number of aliphatic hydroxyl groups excluding tert-OH is 4. The van der Waals surface area contributed by atoms with Crippen LogP contribution in [0.1, 0.15) is 48.5 Å². The van der Waals surface area contributed by atoms with E-state index >= 15 is 0 Å². The van der Waals surface area contributed by atoms with E-state index in [0.29, 0.717) is 0 Å². The summed E-state index contributed by atoms with van der Waals surface area (Å²) in [6.45, 7) is -3.78. The van der Waals surface area contributed by atoms with Crippen LogP contribution in [0, 0.1) is 35.5 Å². The first-order valence-corrected chi connectivity index (χ1v) is 54.5. The summed E-state index contributed by atoms with van der Waals surface area (Å²) in [5, 5.41) is 44.5. The summed E-state index contributed by atoms with van der Waals surface area (Å²) in [7, 11) is -5.48. The summed E-state index contributed by atoms with van der Waals surface area (Å²) in [4.78, 5) is 0. The van der Waals surface area contributed by atoms with Crippen molar-refractivity contribution in [3.63, 3.8) is 0 Å². The fourth-order valence-corrected chi connectivity index (χ4v) is 22.5. The van der Waals surface area contributed by atoms with E-state index < -0.39 is 425 Å². The maximum atomic E-state index is 12.0. The summed E-state index contributed by atoms with van der Waals surface area (Å²) in [6.07, 6.45) is -56.7. The molecule has 7 aliphatic heterocycles. The Bertz CT molecular complexity index is 3500. The van der Waals surface area contributed by atoms with Crippen LogP contribution < -0.4 is 0 Å². The lowest BCUT2D eigenvalue weighted by atomic mass is 9.79. The van der Waals surface area contributed by atoms with Gasteiger partial charge in [0.25, 0.3) is 0 Å². The number of rotatable bonds is 48. The highest BCUT2D eigenvalue weighted by Crippen LogP contribution is 2.55. The van der Waals surface area contributed by atoms with Crippen molar-refractivity contribution < 1.29 is 295 Å². The van der Waals surface area contributed by atoms with Crippen LogP contribution >= 0.6 is 123 Å². The molecule has 796 valence electrons. The van der Waals surface area contributed by atoms with Gasteiger partial charge in [-0.2, -0.15) is 8.42 Å². The van der Waals surface area contributed by atoms with Gasteiger partial charge in [0, 0.05) is 35.5 Å². The average Bonchev–Trinajstić information content (AvgIpc) is 0.770. The quantitative estimate of drug-likeness (QED) is 0.0345. The maximum absolute atomic E-state index is 12.0. The summed E-state index contributed by atoms with van der Waals surface area (Å²) in [5.41, 5.74) is 0. The minimum atomic E-state index is -5.48. The number of aliphatic hydroxyl groups is 4. The molecule has 0 aliphatic carbocycles. The monoisotopic (exact) mass is 2190 g/mol. The molecule has 131 heavy (non-hydrogen) atoms. The Kier molecular flexibility index (Phi) is 43.8. The third-order valence-corrected chi connectivity index (χ3v) is 26.5. The minimum absolute atomic E-state index is 0.890. The second kappa shape index (κ2) is 48.1. The predicted molar refractivity (Wildman–Crippen MR) is 447 cm³/mol. The van der Waals surface area contributed by atoms with E-state index in [-0.39, 0.29) is 0 Å². The van der Waals surface area contributed by atoms with Gasteiger partial charge in [-0.1, -0.05) is 0 Å². The molecule has 0 aromatic heterocycles. The van der Waals surface area contributed by atoms with Crippen LogP contribution in [0.2, 0.25) is 0 Å². The van der Waals surface area contributed by atoms with E-state index in [1.54, 1.807) is 0 Å². The van der Waals surface area contributed by atoms with E-state index in [2.05, 4.69) is 8.37 Å². The predicted octanol–water partition coefficient (Wildman–Crippen LogP) is 5.28. The lowest BCUT2D eigenvalue weighted by Gasteiger charge is -2.49. The Morgan fingerprint density at radius 3 is 0.779 bits per heavy atom. The first kappa shape index (κ1) is 119. The van der Waals surface area contributed by atoms with E-state index in [4.69, 9.17) is 103 Å². The number of hydrogen-bond donors (Lipinski definition) is 38. The van der Waals surface area contributed by atoms with Crippen LogP contribution in [0.15, 0.2) is 0 Å². The molecule has 7 heterocycles. The first-order valence-electron chi connectivity index (χ1n) is 37.4. The Hall–Kier alpha value is 1.28. The van der Waals surface area contributed by atoms with Crippen molar-refractivity contribution in [1.82, 2.24) is 0 Å². The SMILES string of the molecule is CC1O[C@@H](COCC2[C@H](COCC3[C@H](COC[C@@H]4C(OS(O)(O)O)C(O)OC(C)[C@@H]4OS(O)(O)O)OC(C)[C@H](OS(O)(O)O)[C@@H]3COC[C@@H]3OC(C)[C@H](OS(O)(O)O)[C@H](OS(O)(O)O)C3OS(O)(O)O)OC(C)[C@H](OS(O)(O)O)[C@@H]2COC[C@@H]2OC(C)[C@H](OS(O)(O)O)[C@H](COC[C@@H]3OC(C)[C@H](OS(O)(O)O)[C@H](O)C3OS(O)(O)O)C2OS(O)(O)O)C(O)[C@@H](OS(=O)(=O)O)[C@H]1O. The molecule has 0 saturated carbocycles. The second-order valence-corrected chi connectivity index (χ2v) is 44.0. The highest BCUT2D eigenvalue weighted by molar-refractivity contribution is 8.17. The van der Waals surface area contributed by atoms with Crippen molar-refractivity contribution in [3.8, 4) is 0 Å². The normalized spacial score (nSPS) is 39.7. The molecule has 7 saturated heterocycles. The molecule has 0 bridgehead atoms. The molecule has 0 radical (unpaired) electrons. The van der Waals surface area contributed by atoms with Crippen molar-refractivity contribution in [2.24, 2.45) is 35.5 Å². The molecule has 0 aromatic carbocycles. The summed E-state index contributed by atoms with van der Waals surface area (Å²) < 4.78 is 508. The maximum Gasteiger partial charge on any atom is 0.397 e. The molecular weight excluding hydrogens is 2070 g/mol. The minimum Gasteiger partial charge on any atom is -0.388 e. The second-order valence-electron chi connectivity index (χ2n) is 30.5. The highest BCUT2D eigenvalue weighted by Gasteiger charge is 2.59. The van der Waals surface area contributed by atoms with Crippen LogP contribution in [-0.2, 0) is 122 Å². The summed E-state index contributed by atoms with van der Waals surface area (Å²) in [5.74, 6) is -10.3. The zero-order valence-corrected chi connectivity index (χ0v) is 78.4. The highest BCUT2D eigenvalue weighted by atomic mass is 32.3. The lowest BCUT2D eigenvalue weighted by Crippen LogP contribution is -2.61. The molecule has 7 fully saturated rings. The molecule has 0 aromatic rings. The van der Waals surface area contributed by atoms with Gasteiger partial charge in [-0.05, 0) is 48.5 Å². The van der Waals surface area contributed by atoms with Gasteiger partial charge >= 0.3 is 10.4 Å². The zero-order valence-electron chi connectivity index (χ0n) is 68.6. The van der Waals surface area contributed by atoms with Crippen molar-refractivity contribution in [3.05, 3.63) is 0 Å². The van der Waals surface area contributed by atoms with E-state index in [1.807, 2.05) is 0 Å². The van der Waals surface area contributed by atoms with Gasteiger partial charge in [-0.3, -0.25) is 201 Å². The lowest BCUT2D eigenvalue weighted by molar-refractivity contribution is -0.264. The van der Waals surface area contributed by atoms with Crippen molar-refractivity contribution in [1.29, 1.82) is 0 Å². The van der Waals surface area contributed by atoms with Crippen molar-refractivity contribution in [2.45, 2.75) is 226 Å².